The second-order valence-corrected chi connectivity index (χ2v) is 2.11. The first kappa shape index (κ1) is 8.33. The number of benzene rings is 1. The maximum Gasteiger partial charge on any atom is 0.0314 e. The van der Waals surface area contributed by atoms with E-state index in [1.165, 1.54) is 0 Å². The predicted octanol–water partition coefficient (Wildman–Crippen LogP) is 0.733. The van der Waals surface area contributed by atoms with E-state index in [2.05, 4.69) is 12.6 Å². The molecule has 0 fully saturated rings. The number of thiol groups is 1. The first-order valence-electron chi connectivity index (χ1n) is 2.33. The fraction of sp³-hybridized carbons (Fsp3) is 0. The van der Waals surface area contributed by atoms with Crippen LogP contribution in [-0.4, -0.2) is 5.48 Å². The molecule has 1 aromatic rings. The van der Waals surface area contributed by atoms with Crippen LogP contribution in [0.5, 0.6) is 0 Å². The van der Waals surface area contributed by atoms with Crippen LogP contribution in [0, 0.1) is 0 Å². The molecule has 0 amide bonds. The topological polar surface area (TPSA) is 57.5 Å². The average Bonchev–Trinajstić information content (AvgIpc) is 1.77. The number of nitrogens with two attached hydrogens (primary N) is 1. The first-order valence-corrected chi connectivity index (χ1v) is 2.78. The normalized spacial score (nSPS) is 8.11. The Morgan fingerprint density at radius 2 is 1.56 bits per heavy atom. The van der Waals surface area contributed by atoms with Gasteiger partial charge < -0.3 is 11.2 Å². The molecule has 0 bridgehead atoms. The average molecular weight is 143 g/mol. The number of rotatable bonds is 0. The largest absolute Gasteiger partial charge is 0.412 e. The fourth-order valence-electron chi connectivity index (χ4n) is 0.474. The number of hydrogen-bond donors (Lipinski definition) is 2. The number of anilines is 1. The van der Waals surface area contributed by atoms with E-state index in [1.807, 2.05) is 24.3 Å². The maximum atomic E-state index is 5.39. The fourth-order valence-corrected chi connectivity index (χ4v) is 0.623. The molecule has 9 heavy (non-hydrogen) atoms. The van der Waals surface area contributed by atoms with Gasteiger partial charge in [-0.05, 0) is 24.3 Å². The van der Waals surface area contributed by atoms with E-state index in [4.69, 9.17) is 5.73 Å². The Morgan fingerprint density at radius 3 is 1.89 bits per heavy atom. The van der Waals surface area contributed by atoms with Crippen LogP contribution in [0.25, 0.3) is 0 Å². The number of nitrogen functional groups attached to an aromatic ring is 1. The Morgan fingerprint density at radius 1 is 1.11 bits per heavy atom. The van der Waals surface area contributed by atoms with Crippen LogP contribution in [0.1, 0.15) is 0 Å². The van der Waals surface area contributed by atoms with Gasteiger partial charge in [0.2, 0.25) is 0 Å². The van der Waals surface area contributed by atoms with Crippen molar-refractivity contribution in [3.8, 4) is 0 Å². The second kappa shape index (κ2) is 3.37. The lowest BCUT2D eigenvalue weighted by Crippen LogP contribution is -1.80. The molecule has 1 aromatic carbocycles. The Hall–Kier alpha value is -0.670. The van der Waals surface area contributed by atoms with E-state index < -0.39 is 0 Å². The van der Waals surface area contributed by atoms with Crippen molar-refractivity contribution in [2.24, 2.45) is 0 Å². The highest BCUT2D eigenvalue weighted by Crippen LogP contribution is 2.07. The lowest BCUT2D eigenvalue weighted by molar-refractivity contribution is 0.824. The summed E-state index contributed by atoms with van der Waals surface area (Å²) in [5.41, 5.74) is 6.17. The minimum absolute atomic E-state index is 0. The zero-order valence-corrected chi connectivity index (χ0v) is 5.73. The van der Waals surface area contributed by atoms with Crippen LogP contribution in [0.4, 0.5) is 5.69 Å². The van der Waals surface area contributed by atoms with Gasteiger partial charge >= 0.3 is 0 Å². The van der Waals surface area contributed by atoms with Gasteiger partial charge in [0.05, 0.1) is 0 Å². The first-order chi connectivity index (χ1) is 3.79. The molecule has 0 aliphatic rings. The molecule has 0 aliphatic heterocycles. The summed E-state index contributed by atoms with van der Waals surface area (Å²) in [6, 6.07) is 7.36. The van der Waals surface area contributed by atoms with Gasteiger partial charge in [-0.25, -0.2) is 0 Å². The van der Waals surface area contributed by atoms with Crippen molar-refractivity contribution in [2.75, 3.05) is 5.73 Å². The summed E-state index contributed by atoms with van der Waals surface area (Å²) in [5, 5.41) is 0. The molecule has 2 nitrogen and oxygen atoms in total. The molecular formula is C6H9NOS. The summed E-state index contributed by atoms with van der Waals surface area (Å²) in [5.74, 6) is 0. The third kappa shape index (κ3) is 2.39. The molecule has 0 saturated carbocycles. The van der Waals surface area contributed by atoms with Gasteiger partial charge in [0.25, 0.3) is 0 Å². The van der Waals surface area contributed by atoms with Crippen LogP contribution in [0.2, 0.25) is 0 Å². The highest BCUT2D eigenvalue weighted by atomic mass is 32.1. The predicted molar refractivity (Wildman–Crippen MR) is 41.7 cm³/mol. The van der Waals surface area contributed by atoms with E-state index in [9.17, 15) is 0 Å². The highest BCUT2D eigenvalue weighted by Gasteiger charge is 1.81. The van der Waals surface area contributed by atoms with Crippen molar-refractivity contribution in [2.45, 2.75) is 4.90 Å². The Balaban J connectivity index is 0.000000640. The monoisotopic (exact) mass is 143 g/mol. The van der Waals surface area contributed by atoms with Crippen LogP contribution in [-0.2, 0) is 0 Å². The molecular weight excluding hydrogens is 134 g/mol. The van der Waals surface area contributed by atoms with Gasteiger partial charge in [-0.15, -0.1) is 12.6 Å². The van der Waals surface area contributed by atoms with Crippen molar-refractivity contribution < 1.29 is 5.48 Å². The van der Waals surface area contributed by atoms with Gasteiger partial charge in [-0.1, -0.05) is 0 Å². The van der Waals surface area contributed by atoms with E-state index in [0.29, 0.717) is 0 Å². The van der Waals surface area contributed by atoms with Gasteiger partial charge in [0.15, 0.2) is 0 Å². The molecule has 1 rings (SSSR count). The Kier molecular flexibility index (Phi) is 3.12. The van der Waals surface area contributed by atoms with Crippen LogP contribution in [0.3, 0.4) is 0 Å². The van der Waals surface area contributed by atoms with Crippen LogP contribution >= 0.6 is 12.6 Å². The molecule has 0 aromatic heterocycles. The summed E-state index contributed by atoms with van der Waals surface area (Å²) in [6.07, 6.45) is 0. The van der Waals surface area contributed by atoms with Crippen molar-refractivity contribution in [1.29, 1.82) is 0 Å². The summed E-state index contributed by atoms with van der Waals surface area (Å²) >= 11 is 4.08. The van der Waals surface area contributed by atoms with Crippen LogP contribution in [0.15, 0.2) is 29.2 Å². The van der Waals surface area contributed by atoms with Gasteiger partial charge in [0, 0.05) is 10.6 Å². The van der Waals surface area contributed by atoms with Gasteiger partial charge in [-0.3, -0.25) is 0 Å². The lowest BCUT2D eigenvalue weighted by atomic mass is 10.3. The molecule has 0 aliphatic carbocycles. The zero-order valence-electron chi connectivity index (χ0n) is 4.83. The summed E-state index contributed by atoms with van der Waals surface area (Å²) in [4.78, 5) is 0.944. The third-order valence-electron chi connectivity index (χ3n) is 0.893. The molecule has 0 spiro atoms. The van der Waals surface area contributed by atoms with Crippen molar-refractivity contribution in [3.63, 3.8) is 0 Å². The maximum absolute atomic E-state index is 5.39. The Bertz CT molecular complexity index is 152. The molecule has 0 unspecified atom stereocenters. The lowest BCUT2D eigenvalue weighted by Gasteiger charge is -1.89. The van der Waals surface area contributed by atoms with Crippen molar-refractivity contribution in [1.82, 2.24) is 0 Å². The zero-order chi connectivity index (χ0) is 5.98. The molecule has 50 valence electrons. The molecule has 0 heterocycles. The standard InChI is InChI=1S/C6H7NS.H2O/c7-5-1-3-6(8)4-2-5;/h1-4,8H,7H2;1H2. The molecule has 4 N–H and O–H groups in total. The Labute approximate surface area is 59.4 Å². The van der Waals surface area contributed by atoms with E-state index in [1.54, 1.807) is 0 Å². The quantitative estimate of drug-likeness (QED) is 0.408. The van der Waals surface area contributed by atoms with E-state index in [0.717, 1.165) is 10.6 Å². The second-order valence-electron chi connectivity index (χ2n) is 1.59. The molecule has 0 radical (unpaired) electrons. The minimum Gasteiger partial charge on any atom is -0.412 e. The molecule has 0 saturated heterocycles. The highest BCUT2D eigenvalue weighted by molar-refractivity contribution is 7.80. The van der Waals surface area contributed by atoms with Gasteiger partial charge in [-0.2, -0.15) is 0 Å². The van der Waals surface area contributed by atoms with E-state index >= 15 is 0 Å². The third-order valence-corrected chi connectivity index (χ3v) is 1.19. The van der Waals surface area contributed by atoms with E-state index in [-0.39, 0.29) is 5.48 Å². The van der Waals surface area contributed by atoms with Crippen molar-refractivity contribution in [3.05, 3.63) is 24.3 Å². The number of hydrogen-bond acceptors (Lipinski definition) is 2. The summed E-state index contributed by atoms with van der Waals surface area (Å²) < 4.78 is 0. The summed E-state index contributed by atoms with van der Waals surface area (Å²) in [6.45, 7) is 0. The van der Waals surface area contributed by atoms with Gasteiger partial charge in [0.1, 0.15) is 0 Å². The minimum atomic E-state index is 0. The summed E-state index contributed by atoms with van der Waals surface area (Å²) in [7, 11) is 0. The molecule has 0 atom stereocenters. The SMILES string of the molecule is Nc1ccc(S)cc1.O. The molecule has 3 heteroatoms. The van der Waals surface area contributed by atoms with Crippen LogP contribution < -0.4 is 5.73 Å². The van der Waals surface area contributed by atoms with Crippen molar-refractivity contribution >= 4 is 18.3 Å². The smallest absolute Gasteiger partial charge is 0.0314 e.